The molecular weight excluding hydrogens is 186 g/mol. The molecule has 0 unspecified atom stereocenters. The molecule has 15 heavy (non-hydrogen) atoms. The standard InChI is InChI=1S/C9H21NO.2C2H6.H2/c1-5-9(2,3)6-8(10)7-11-4;2*1-2;/h8H,5-7,10H2,1-4H3;2*1-2H3;1H/t8-;;;/m0.../s1. The molecule has 2 nitrogen and oxygen atoms in total. The van der Waals surface area contributed by atoms with Crippen LogP contribution in [0.4, 0.5) is 0 Å². The SMILES string of the molecule is CC.CC.CCC(C)(C)C[C@H](N)COC.[HH]. The van der Waals surface area contributed by atoms with Crippen LogP contribution in [0.25, 0.3) is 0 Å². The highest BCUT2D eigenvalue weighted by molar-refractivity contribution is 4.73. The van der Waals surface area contributed by atoms with Crippen molar-refractivity contribution in [2.75, 3.05) is 13.7 Å². The highest BCUT2D eigenvalue weighted by atomic mass is 16.5. The lowest BCUT2D eigenvalue weighted by Gasteiger charge is -2.25. The van der Waals surface area contributed by atoms with Crippen molar-refractivity contribution in [3.63, 3.8) is 0 Å². The summed E-state index contributed by atoms with van der Waals surface area (Å²) in [6.45, 7) is 15.3. The van der Waals surface area contributed by atoms with Crippen molar-refractivity contribution in [1.82, 2.24) is 0 Å². The average molecular weight is 221 g/mol. The maximum absolute atomic E-state index is 5.82. The molecule has 0 aromatic carbocycles. The molecule has 0 saturated heterocycles. The molecule has 0 amide bonds. The molecule has 0 radical (unpaired) electrons. The van der Waals surface area contributed by atoms with E-state index in [0.717, 1.165) is 6.42 Å². The minimum Gasteiger partial charge on any atom is -0.383 e. The lowest BCUT2D eigenvalue weighted by atomic mass is 9.84. The van der Waals surface area contributed by atoms with Crippen molar-refractivity contribution >= 4 is 0 Å². The van der Waals surface area contributed by atoms with E-state index in [-0.39, 0.29) is 7.47 Å². The van der Waals surface area contributed by atoms with Gasteiger partial charge in [0.2, 0.25) is 0 Å². The molecule has 2 N–H and O–H groups in total. The van der Waals surface area contributed by atoms with Gasteiger partial charge in [-0.05, 0) is 11.8 Å². The summed E-state index contributed by atoms with van der Waals surface area (Å²) in [5.74, 6) is 0. The van der Waals surface area contributed by atoms with Gasteiger partial charge in [-0.2, -0.15) is 0 Å². The molecule has 0 saturated carbocycles. The number of hydrogen-bond acceptors (Lipinski definition) is 2. The first-order valence-electron chi connectivity index (χ1n) is 6.26. The second-order valence-corrected chi connectivity index (χ2v) is 3.94. The van der Waals surface area contributed by atoms with Crippen molar-refractivity contribution in [2.24, 2.45) is 11.1 Å². The minimum atomic E-state index is 0. The van der Waals surface area contributed by atoms with E-state index in [0.29, 0.717) is 12.0 Å². The Hall–Kier alpha value is -0.0800. The highest BCUT2D eigenvalue weighted by Gasteiger charge is 2.18. The van der Waals surface area contributed by atoms with Gasteiger partial charge in [0.05, 0.1) is 6.61 Å². The summed E-state index contributed by atoms with van der Waals surface area (Å²) in [4.78, 5) is 0. The molecule has 0 spiro atoms. The molecular formula is C13H35NO. The van der Waals surface area contributed by atoms with Crippen molar-refractivity contribution in [2.45, 2.75) is 67.3 Å². The van der Waals surface area contributed by atoms with Gasteiger partial charge in [0, 0.05) is 14.6 Å². The van der Waals surface area contributed by atoms with Crippen LogP contribution in [0.1, 0.15) is 62.7 Å². The van der Waals surface area contributed by atoms with Gasteiger partial charge >= 0.3 is 0 Å². The lowest BCUT2D eigenvalue weighted by Crippen LogP contribution is -2.31. The number of ether oxygens (including phenoxy) is 1. The second kappa shape index (κ2) is 13.9. The monoisotopic (exact) mass is 221 g/mol. The Bertz CT molecular complexity index is 108. The molecule has 98 valence electrons. The summed E-state index contributed by atoms with van der Waals surface area (Å²) in [5, 5.41) is 0. The highest BCUT2D eigenvalue weighted by Crippen LogP contribution is 2.25. The fourth-order valence-electron chi connectivity index (χ4n) is 1.13. The summed E-state index contributed by atoms with van der Waals surface area (Å²) < 4.78 is 4.97. The topological polar surface area (TPSA) is 35.2 Å². The molecule has 0 bridgehead atoms. The van der Waals surface area contributed by atoms with E-state index in [1.807, 2.05) is 27.7 Å². The zero-order valence-corrected chi connectivity index (χ0v) is 12.2. The first kappa shape index (κ1) is 20.3. The van der Waals surface area contributed by atoms with Crippen LogP contribution in [0, 0.1) is 5.41 Å². The lowest BCUT2D eigenvalue weighted by molar-refractivity contribution is 0.155. The van der Waals surface area contributed by atoms with E-state index in [1.165, 1.54) is 6.42 Å². The van der Waals surface area contributed by atoms with Crippen molar-refractivity contribution < 1.29 is 6.16 Å². The van der Waals surface area contributed by atoms with E-state index >= 15 is 0 Å². The first-order valence-corrected chi connectivity index (χ1v) is 6.26. The fraction of sp³-hybridized carbons (Fsp3) is 1.00. The number of rotatable bonds is 5. The number of methoxy groups -OCH3 is 1. The third-order valence-corrected chi connectivity index (χ3v) is 2.15. The van der Waals surface area contributed by atoms with E-state index in [2.05, 4.69) is 20.8 Å². The Kier molecular flexibility index (Phi) is 18.9. The van der Waals surface area contributed by atoms with Crippen LogP contribution in [0.15, 0.2) is 0 Å². The molecule has 0 rings (SSSR count). The Labute approximate surface area is 99.1 Å². The molecule has 0 aliphatic heterocycles. The Balaban J connectivity index is -0.000000129. The van der Waals surface area contributed by atoms with Crippen molar-refractivity contribution in [3.8, 4) is 0 Å². The molecule has 2 heteroatoms. The third-order valence-electron chi connectivity index (χ3n) is 2.15. The molecule has 0 heterocycles. The van der Waals surface area contributed by atoms with Crippen LogP contribution < -0.4 is 5.73 Å². The van der Waals surface area contributed by atoms with Gasteiger partial charge in [0.15, 0.2) is 0 Å². The first-order chi connectivity index (χ1) is 7.02. The van der Waals surface area contributed by atoms with Gasteiger partial charge < -0.3 is 10.5 Å². The van der Waals surface area contributed by atoms with E-state index < -0.39 is 0 Å². The summed E-state index contributed by atoms with van der Waals surface area (Å²) in [6.07, 6.45) is 2.21. The maximum atomic E-state index is 5.82. The molecule has 0 aromatic heterocycles. The quantitative estimate of drug-likeness (QED) is 0.759. The van der Waals surface area contributed by atoms with Crippen molar-refractivity contribution in [3.05, 3.63) is 0 Å². The van der Waals surface area contributed by atoms with Crippen LogP contribution in [0.3, 0.4) is 0 Å². The summed E-state index contributed by atoms with van der Waals surface area (Å²) >= 11 is 0. The minimum absolute atomic E-state index is 0. The normalized spacial score (nSPS) is 11.8. The average Bonchev–Trinajstić information content (AvgIpc) is 2.23. The van der Waals surface area contributed by atoms with Crippen LogP contribution in [-0.4, -0.2) is 19.8 Å². The zero-order valence-electron chi connectivity index (χ0n) is 12.2. The summed E-state index contributed by atoms with van der Waals surface area (Å²) in [6, 6.07) is 0.190. The van der Waals surface area contributed by atoms with E-state index in [9.17, 15) is 0 Å². The maximum Gasteiger partial charge on any atom is 0.0613 e. The third kappa shape index (κ3) is 16.6. The van der Waals surface area contributed by atoms with Gasteiger partial charge in [-0.15, -0.1) is 0 Å². The second-order valence-electron chi connectivity index (χ2n) is 3.94. The molecule has 1 atom stereocenters. The largest absolute Gasteiger partial charge is 0.383 e. The van der Waals surface area contributed by atoms with E-state index in [1.54, 1.807) is 7.11 Å². The van der Waals surface area contributed by atoms with Crippen LogP contribution in [-0.2, 0) is 4.74 Å². The van der Waals surface area contributed by atoms with Crippen LogP contribution in [0.5, 0.6) is 0 Å². The molecule has 0 aliphatic carbocycles. The Morgan fingerprint density at radius 2 is 1.60 bits per heavy atom. The summed E-state index contributed by atoms with van der Waals surface area (Å²) in [5.41, 5.74) is 6.18. The molecule has 0 aliphatic rings. The fourth-order valence-corrected chi connectivity index (χ4v) is 1.13. The van der Waals surface area contributed by atoms with Gasteiger partial charge in [-0.1, -0.05) is 54.9 Å². The zero-order chi connectivity index (χ0) is 12.9. The predicted molar refractivity (Wildman–Crippen MR) is 73.4 cm³/mol. The van der Waals surface area contributed by atoms with Gasteiger partial charge in [-0.3, -0.25) is 0 Å². The van der Waals surface area contributed by atoms with Gasteiger partial charge in [0.1, 0.15) is 0 Å². The summed E-state index contributed by atoms with van der Waals surface area (Å²) in [7, 11) is 1.69. The predicted octanol–water partition coefficient (Wildman–Crippen LogP) is 4.08. The smallest absolute Gasteiger partial charge is 0.0613 e. The van der Waals surface area contributed by atoms with Crippen molar-refractivity contribution in [1.29, 1.82) is 0 Å². The van der Waals surface area contributed by atoms with Crippen LogP contribution in [0.2, 0.25) is 0 Å². The van der Waals surface area contributed by atoms with Gasteiger partial charge in [-0.25, -0.2) is 0 Å². The van der Waals surface area contributed by atoms with Crippen LogP contribution >= 0.6 is 0 Å². The molecule has 0 aromatic rings. The molecule has 0 fully saturated rings. The van der Waals surface area contributed by atoms with E-state index in [4.69, 9.17) is 10.5 Å². The Morgan fingerprint density at radius 1 is 1.20 bits per heavy atom. The number of nitrogens with two attached hydrogens (primary N) is 1. The number of hydrogen-bond donors (Lipinski definition) is 1. The van der Waals surface area contributed by atoms with Gasteiger partial charge in [0.25, 0.3) is 0 Å². The Morgan fingerprint density at radius 3 is 1.87 bits per heavy atom.